The van der Waals surface area contributed by atoms with Crippen LogP contribution in [0, 0.1) is 0 Å². The summed E-state index contributed by atoms with van der Waals surface area (Å²) in [6, 6.07) is 6.34. The number of hydrogen-bond donors (Lipinski definition) is 1. The highest BCUT2D eigenvalue weighted by atomic mass is 32.2. The SMILES string of the molecule is CCc1nccn1-c1ccc(NS(=O)(=O)CCC(F)(F)F)cc1. The third-order valence-electron chi connectivity index (χ3n) is 3.11. The van der Waals surface area contributed by atoms with Gasteiger partial charge in [-0.05, 0) is 24.3 Å². The Morgan fingerprint density at radius 1 is 1.22 bits per heavy atom. The van der Waals surface area contributed by atoms with Gasteiger partial charge in [-0.3, -0.25) is 4.72 Å². The standard InChI is InChI=1S/C14H16F3N3O2S/c1-2-13-18-8-9-20(13)12-5-3-11(4-6-12)19-23(21,22)10-7-14(15,16)17/h3-6,8-9,19H,2,7,10H2,1H3. The van der Waals surface area contributed by atoms with E-state index >= 15 is 0 Å². The number of alkyl halides is 3. The molecule has 0 aliphatic heterocycles. The fraction of sp³-hybridized carbons (Fsp3) is 0.357. The van der Waals surface area contributed by atoms with E-state index in [-0.39, 0.29) is 5.69 Å². The molecule has 9 heteroatoms. The van der Waals surface area contributed by atoms with Gasteiger partial charge in [-0.1, -0.05) is 6.92 Å². The van der Waals surface area contributed by atoms with Gasteiger partial charge in [0.05, 0.1) is 12.2 Å². The molecule has 0 amide bonds. The molecule has 0 atom stereocenters. The van der Waals surface area contributed by atoms with Crippen LogP contribution in [0.4, 0.5) is 18.9 Å². The molecule has 0 aliphatic rings. The van der Waals surface area contributed by atoms with Crippen LogP contribution in [0.15, 0.2) is 36.7 Å². The Balaban J connectivity index is 2.08. The molecule has 0 radical (unpaired) electrons. The zero-order valence-corrected chi connectivity index (χ0v) is 13.2. The molecule has 5 nitrogen and oxygen atoms in total. The van der Waals surface area contributed by atoms with E-state index in [2.05, 4.69) is 9.71 Å². The van der Waals surface area contributed by atoms with Gasteiger partial charge in [-0.2, -0.15) is 13.2 Å². The first-order valence-electron chi connectivity index (χ1n) is 6.90. The molecule has 2 rings (SSSR count). The average molecular weight is 347 g/mol. The Morgan fingerprint density at radius 3 is 2.43 bits per heavy atom. The monoisotopic (exact) mass is 347 g/mol. The summed E-state index contributed by atoms with van der Waals surface area (Å²) in [6.07, 6.45) is -1.71. The highest BCUT2D eigenvalue weighted by molar-refractivity contribution is 7.92. The molecule has 0 saturated carbocycles. The van der Waals surface area contributed by atoms with Crippen molar-refractivity contribution < 1.29 is 21.6 Å². The molecule has 0 saturated heterocycles. The van der Waals surface area contributed by atoms with Crippen molar-refractivity contribution in [3.05, 3.63) is 42.5 Å². The predicted molar refractivity (Wildman–Crippen MR) is 81.0 cm³/mol. The number of aryl methyl sites for hydroxylation is 1. The lowest BCUT2D eigenvalue weighted by Crippen LogP contribution is -2.21. The fourth-order valence-electron chi connectivity index (χ4n) is 2.00. The van der Waals surface area contributed by atoms with E-state index in [0.29, 0.717) is 0 Å². The second-order valence-electron chi connectivity index (χ2n) is 4.90. The maximum atomic E-state index is 12.1. The number of nitrogens with one attached hydrogen (secondary N) is 1. The summed E-state index contributed by atoms with van der Waals surface area (Å²) in [7, 11) is -4.04. The lowest BCUT2D eigenvalue weighted by Gasteiger charge is -2.11. The Kier molecular flexibility index (Phi) is 4.98. The predicted octanol–water partition coefficient (Wildman–Crippen LogP) is 3.13. The van der Waals surface area contributed by atoms with Crippen LogP contribution >= 0.6 is 0 Å². The molecule has 0 bridgehead atoms. The van der Waals surface area contributed by atoms with E-state index in [4.69, 9.17) is 0 Å². The summed E-state index contributed by atoms with van der Waals surface area (Å²) in [5, 5.41) is 0. The second kappa shape index (κ2) is 6.61. The minimum Gasteiger partial charge on any atom is -0.304 e. The van der Waals surface area contributed by atoms with Gasteiger partial charge in [0.2, 0.25) is 10.0 Å². The molecule has 1 aromatic carbocycles. The van der Waals surface area contributed by atoms with Gasteiger partial charge in [0.15, 0.2) is 0 Å². The lowest BCUT2D eigenvalue weighted by atomic mass is 10.3. The van der Waals surface area contributed by atoms with Crippen molar-refractivity contribution in [1.82, 2.24) is 9.55 Å². The zero-order valence-electron chi connectivity index (χ0n) is 12.3. The van der Waals surface area contributed by atoms with Gasteiger partial charge in [0.1, 0.15) is 5.82 Å². The third kappa shape index (κ3) is 4.98. The number of aromatic nitrogens is 2. The summed E-state index contributed by atoms with van der Waals surface area (Å²) in [6.45, 7) is 1.96. The first-order chi connectivity index (χ1) is 10.7. The Bertz CT molecular complexity index is 752. The minimum atomic E-state index is -4.50. The highest BCUT2D eigenvalue weighted by Gasteiger charge is 2.29. The summed E-state index contributed by atoms with van der Waals surface area (Å²) in [5.41, 5.74) is 1.01. The van der Waals surface area contributed by atoms with Crippen LogP contribution in [0.5, 0.6) is 0 Å². The van der Waals surface area contributed by atoms with E-state index in [0.717, 1.165) is 17.9 Å². The molecule has 23 heavy (non-hydrogen) atoms. The van der Waals surface area contributed by atoms with Gasteiger partial charge in [0, 0.05) is 30.2 Å². The topological polar surface area (TPSA) is 64.0 Å². The molecule has 0 aliphatic carbocycles. The summed E-state index contributed by atoms with van der Waals surface area (Å²) in [4.78, 5) is 4.19. The molecule has 1 aromatic heterocycles. The van der Waals surface area contributed by atoms with Crippen molar-refractivity contribution >= 4 is 15.7 Å². The smallest absolute Gasteiger partial charge is 0.304 e. The summed E-state index contributed by atoms with van der Waals surface area (Å²) >= 11 is 0. The number of sulfonamides is 1. The Labute approximate surface area is 132 Å². The van der Waals surface area contributed by atoms with Crippen LogP contribution in [-0.2, 0) is 16.4 Å². The molecule has 0 spiro atoms. The normalized spacial score (nSPS) is 12.3. The number of nitrogens with zero attached hydrogens (tertiary/aromatic N) is 2. The van der Waals surface area contributed by atoms with E-state index in [1.165, 1.54) is 12.1 Å². The van der Waals surface area contributed by atoms with E-state index < -0.39 is 28.4 Å². The maximum absolute atomic E-state index is 12.1. The lowest BCUT2D eigenvalue weighted by molar-refractivity contribution is -0.129. The van der Waals surface area contributed by atoms with E-state index in [1.54, 1.807) is 24.5 Å². The van der Waals surface area contributed by atoms with Gasteiger partial charge >= 0.3 is 6.18 Å². The van der Waals surface area contributed by atoms with Crippen LogP contribution in [0.3, 0.4) is 0 Å². The number of benzene rings is 1. The number of halogens is 3. The summed E-state index contributed by atoms with van der Waals surface area (Å²) in [5.74, 6) is -0.150. The summed E-state index contributed by atoms with van der Waals surface area (Å²) < 4.78 is 63.6. The molecular weight excluding hydrogens is 331 g/mol. The minimum absolute atomic E-state index is 0.217. The van der Waals surface area contributed by atoms with Crippen molar-refractivity contribution in [3.8, 4) is 5.69 Å². The van der Waals surface area contributed by atoms with Gasteiger partial charge in [-0.15, -0.1) is 0 Å². The van der Waals surface area contributed by atoms with Crippen molar-refractivity contribution in [2.45, 2.75) is 25.9 Å². The van der Waals surface area contributed by atoms with Crippen LogP contribution in [0.1, 0.15) is 19.2 Å². The number of imidazole rings is 1. The second-order valence-corrected chi connectivity index (χ2v) is 6.74. The van der Waals surface area contributed by atoms with Crippen LogP contribution < -0.4 is 4.72 Å². The van der Waals surface area contributed by atoms with Gasteiger partial charge < -0.3 is 4.57 Å². The van der Waals surface area contributed by atoms with Gasteiger partial charge in [-0.25, -0.2) is 13.4 Å². The molecule has 0 unspecified atom stereocenters. The molecule has 0 fully saturated rings. The van der Waals surface area contributed by atoms with Crippen molar-refractivity contribution in [2.24, 2.45) is 0 Å². The van der Waals surface area contributed by atoms with Crippen molar-refractivity contribution in [1.29, 1.82) is 0 Å². The van der Waals surface area contributed by atoms with Crippen LogP contribution in [0.2, 0.25) is 0 Å². The Hall–Kier alpha value is -2.03. The van der Waals surface area contributed by atoms with E-state index in [9.17, 15) is 21.6 Å². The fourth-order valence-corrected chi connectivity index (χ4v) is 3.10. The number of hydrogen-bond acceptors (Lipinski definition) is 3. The number of anilines is 1. The first kappa shape index (κ1) is 17.3. The zero-order chi connectivity index (χ0) is 17.1. The third-order valence-corrected chi connectivity index (χ3v) is 4.39. The largest absolute Gasteiger partial charge is 0.390 e. The molecule has 2 aromatic rings. The maximum Gasteiger partial charge on any atom is 0.390 e. The van der Waals surface area contributed by atoms with Crippen molar-refractivity contribution in [3.63, 3.8) is 0 Å². The number of rotatable bonds is 6. The van der Waals surface area contributed by atoms with Crippen LogP contribution in [-0.4, -0.2) is 29.9 Å². The van der Waals surface area contributed by atoms with Gasteiger partial charge in [0.25, 0.3) is 0 Å². The average Bonchev–Trinajstić information content (AvgIpc) is 2.93. The molecular formula is C14H16F3N3O2S. The van der Waals surface area contributed by atoms with Crippen LogP contribution in [0.25, 0.3) is 5.69 Å². The highest BCUT2D eigenvalue weighted by Crippen LogP contribution is 2.21. The van der Waals surface area contributed by atoms with E-state index in [1.807, 2.05) is 11.5 Å². The Morgan fingerprint density at radius 2 is 1.87 bits per heavy atom. The molecule has 126 valence electrons. The first-order valence-corrected chi connectivity index (χ1v) is 8.55. The molecule has 1 N–H and O–H groups in total. The molecule has 1 heterocycles. The quantitative estimate of drug-likeness (QED) is 0.873. The van der Waals surface area contributed by atoms with Crippen molar-refractivity contribution in [2.75, 3.05) is 10.5 Å².